The molecule has 1 amide bonds. The summed E-state index contributed by atoms with van der Waals surface area (Å²) >= 11 is 0. The first kappa shape index (κ1) is 22.0. The number of benzene rings is 1. The smallest absolute Gasteiger partial charge is 0.256 e. The van der Waals surface area contributed by atoms with Gasteiger partial charge in [0.2, 0.25) is 0 Å². The summed E-state index contributed by atoms with van der Waals surface area (Å²) in [5.41, 5.74) is -0.0383. The average molecular weight is 360 g/mol. The lowest BCUT2D eigenvalue weighted by Gasteiger charge is -2.29. The van der Waals surface area contributed by atoms with E-state index in [1.54, 1.807) is 18.2 Å². The molecule has 1 N–H and O–H groups in total. The van der Waals surface area contributed by atoms with Gasteiger partial charge >= 0.3 is 0 Å². The first-order valence-electron chi connectivity index (χ1n) is 9.52. The molecule has 0 aromatic heterocycles. The normalized spacial score (nSPS) is 13.1. The summed E-state index contributed by atoms with van der Waals surface area (Å²) in [7, 11) is 0. The van der Waals surface area contributed by atoms with Gasteiger partial charge in [-0.1, -0.05) is 33.1 Å². The molecule has 5 nitrogen and oxygen atoms in total. The summed E-state index contributed by atoms with van der Waals surface area (Å²) in [5, 5.41) is 12.3. The van der Waals surface area contributed by atoms with Gasteiger partial charge in [-0.15, -0.1) is 0 Å². The maximum Gasteiger partial charge on any atom is 0.256 e. The molecule has 0 aliphatic carbocycles. The zero-order valence-corrected chi connectivity index (χ0v) is 16.7. The third kappa shape index (κ3) is 6.68. The summed E-state index contributed by atoms with van der Waals surface area (Å²) in [6, 6.07) is 7.25. The van der Waals surface area contributed by atoms with Crippen LogP contribution in [-0.2, 0) is 9.53 Å². The van der Waals surface area contributed by atoms with Crippen molar-refractivity contribution in [3.63, 3.8) is 0 Å². The Labute approximate surface area is 157 Å². The van der Waals surface area contributed by atoms with Crippen LogP contribution in [0.3, 0.4) is 0 Å². The van der Waals surface area contributed by atoms with Crippen LogP contribution in [0.25, 0.3) is 0 Å². The molecule has 0 radical (unpaired) electrons. The lowest BCUT2D eigenvalue weighted by atomic mass is 9.96. The zero-order chi connectivity index (χ0) is 19.6. The second kappa shape index (κ2) is 10.8. The molecule has 0 fully saturated rings. The van der Waals surface area contributed by atoms with E-state index >= 15 is 0 Å². The van der Waals surface area contributed by atoms with Crippen LogP contribution in [0.1, 0.15) is 72.3 Å². The Morgan fingerprint density at radius 3 is 2.58 bits per heavy atom. The van der Waals surface area contributed by atoms with Crippen LogP contribution < -0.4 is 10.1 Å². The van der Waals surface area contributed by atoms with Crippen molar-refractivity contribution < 1.29 is 14.3 Å². The number of nitrogens with one attached hydrogen (secondary N) is 1. The number of hydrogen-bond acceptors (Lipinski definition) is 4. The zero-order valence-electron chi connectivity index (χ0n) is 16.7. The highest BCUT2D eigenvalue weighted by atomic mass is 16.5. The Morgan fingerprint density at radius 1 is 1.27 bits per heavy atom. The van der Waals surface area contributed by atoms with Crippen LogP contribution in [0.15, 0.2) is 18.2 Å². The molecule has 0 bridgehead atoms. The van der Waals surface area contributed by atoms with Crippen molar-refractivity contribution >= 4 is 11.6 Å². The molecule has 0 aliphatic heterocycles. The maximum absolute atomic E-state index is 12.9. The molecule has 0 unspecified atom stereocenters. The molecular weight excluding hydrogens is 328 g/mol. The second-order valence-corrected chi connectivity index (χ2v) is 6.98. The largest absolute Gasteiger partial charge is 0.491 e. The van der Waals surface area contributed by atoms with Gasteiger partial charge in [0.05, 0.1) is 17.4 Å². The lowest BCUT2D eigenvalue weighted by molar-refractivity contribution is -0.140. The van der Waals surface area contributed by atoms with Crippen molar-refractivity contribution in [3.8, 4) is 11.8 Å². The topological polar surface area (TPSA) is 71.3 Å². The number of carbonyl (C=O) groups excluding carboxylic acids is 1. The molecule has 26 heavy (non-hydrogen) atoms. The van der Waals surface area contributed by atoms with Crippen molar-refractivity contribution in [1.29, 1.82) is 5.26 Å². The predicted octanol–water partition coefficient (Wildman–Crippen LogP) is 5.05. The molecule has 5 heteroatoms. The van der Waals surface area contributed by atoms with E-state index in [-0.39, 0.29) is 12.0 Å². The standard InChI is InChI=1S/C21H32N2O3/c1-6-8-9-12-21(5,25-13-7-2)20(24)23-19-11-10-18(26-16(3)4)14-17(19)15-22/h10-11,14,16H,6-9,12-13H2,1-5H3,(H,23,24)/t21-/m1/s1. The minimum absolute atomic E-state index is 0.0197. The van der Waals surface area contributed by atoms with Gasteiger partial charge in [-0.3, -0.25) is 4.79 Å². The average Bonchev–Trinajstić information content (AvgIpc) is 2.60. The van der Waals surface area contributed by atoms with E-state index in [0.717, 1.165) is 25.7 Å². The van der Waals surface area contributed by atoms with Crippen LogP contribution in [0, 0.1) is 11.3 Å². The highest BCUT2D eigenvalue weighted by molar-refractivity contribution is 5.98. The Morgan fingerprint density at radius 2 is 2.00 bits per heavy atom. The lowest BCUT2D eigenvalue weighted by Crippen LogP contribution is -2.43. The van der Waals surface area contributed by atoms with E-state index in [4.69, 9.17) is 9.47 Å². The molecule has 0 aliphatic rings. The SMILES string of the molecule is CCCCC[C@@](C)(OCCC)C(=O)Nc1ccc(OC(C)C)cc1C#N. The van der Waals surface area contributed by atoms with Crippen molar-refractivity contribution in [3.05, 3.63) is 23.8 Å². The molecule has 0 saturated carbocycles. The third-order valence-electron chi connectivity index (χ3n) is 4.09. The Kier molecular flexibility index (Phi) is 9.15. The maximum atomic E-state index is 12.9. The molecule has 1 aromatic carbocycles. The van der Waals surface area contributed by atoms with E-state index in [0.29, 0.717) is 30.0 Å². The number of amides is 1. The van der Waals surface area contributed by atoms with Gasteiger partial charge in [0.25, 0.3) is 5.91 Å². The Balaban J connectivity index is 2.95. The number of nitriles is 1. The van der Waals surface area contributed by atoms with Gasteiger partial charge in [0.1, 0.15) is 17.4 Å². The van der Waals surface area contributed by atoms with Crippen LogP contribution >= 0.6 is 0 Å². The van der Waals surface area contributed by atoms with Gasteiger partial charge in [-0.05, 0) is 45.7 Å². The van der Waals surface area contributed by atoms with Crippen molar-refractivity contribution in [1.82, 2.24) is 0 Å². The molecule has 0 saturated heterocycles. The fourth-order valence-electron chi connectivity index (χ4n) is 2.62. The first-order chi connectivity index (χ1) is 12.4. The fraction of sp³-hybridized carbons (Fsp3) is 0.619. The van der Waals surface area contributed by atoms with Gasteiger partial charge < -0.3 is 14.8 Å². The van der Waals surface area contributed by atoms with E-state index in [1.165, 1.54) is 0 Å². The van der Waals surface area contributed by atoms with Crippen molar-refractivity contribution in [2.75, 3.05) is 11.9 Å². The van der Waals surface area contributed by atoms with Crippen LogP contribution in [0.4, 0.5) is 5.69 Å². The molecule has 144 valence electrons. The van der Waals surface area contributed by atoms with Crippen LogP contribution in [-0.4, -0.2) is 24.2 Å². The minimum Gasteiger partial charge on any atom is -0.491 e. The van der Waals surface area contributed by atoms with Crippen LogP contribution in [0.5, 0.6) is 5.75 Å². The summed E-state index contributed by atoms with van der Waals surface area (Å²) < 4.78 is 11.5. The summed E-state index contributed by atoms with van der Waals surface area (Å²) in [6.07, 6.45) is 4.59. The van der Waals surface area contributed by atoms with E-state index in [9.17, 15) is 10.1 Å². The molecule has 0 spiro atoms. The number of nitrogens with zero attached hydrogens (tertiary/aromatic N) is 1. The number of rotatable bonds is 11. The monoisotopic (exact) mass is 360 g/mol. The molecule has 0 heterocycles. The highest BCUT2D eigenvalue weighted by Gasteiger charge is 2.34. The van der Waals surface area contributed by atoms with Gasteiger partial charge in [-0.2, -0.15) is 5.26 Å². The minimum atomic E-state index is -0.898. The number of hydrogen-bond donors (Lipinski definition) is 1. The van der Waals surface area contributed by atoms with E-state index < -0.39 is 5.60 Å². The molecule has 1 aromatic rings. The number of ether oxygens (including phenoxy) is 2. The Hall–Kier alpha value is -2.06. The fourth-order valence-corrected chi connectivity index (χ4v) is 2.62. The van der Waals surface area contributed by atoms with E-state index in [2.05, 4.69) is 18.3 Å². The molecule has 1 atom stereocenters. The van der Waals surface area contributed by atoms with Crippen molar-refractivity contribution in [2.24, 2.45) is 0 Å². The van der Waals surface area contributed by atoms with Gasteiger partial charge in [0, 0.05) is 12.7 Å². The van der Waals surface area contributed by atoms with Gasteiger partial charge in [-0.25, -0.2) is 0 Å². The second-order valence-electron chi connectivity index (χ2n) is 6.98. The molecular formula is C21H32N2O3. The highest BCUT2D eigenvalue weighted by Crippen LogP contribution is 2.26. The number of carbonyl (C=O) groups is 1. The van der Waals surface area contributed by atoms with Crippen molar-refractivity contribution in [2.45, 2.75) is 78.4 Å². The summed E-state index contributed by atoms with van der Waals surface area (Å²) in [5.74, 6) is 0.401. The van der Waals surface area contributed by atoms with E-state index in [1.807, 2.05) is 27.7 Å². The number of unbranched alkanes of at least 4 members (excludes halogenated alkanes) is 2. The summed E-state index contributed by atoms with van der Waals surface area (Å²) in [6.45, 7) is 10.4. The van der Waals surface area contributed by atoms with Crippen LogP contribution in [0.2, 0.25) is 0 Å². The summed E-state index contributed by atoms with van der Waals surface area (Å²) in [4.78, 5) is 12.9. The predicted molar refractivity (Wildman–Crippen MR) is 104 cm³/mol. The third-order valence-corrected chi connectivity index (χ3v) is 4.09. The van der Waals surface area contributed by atoms with Gasteiger partial charge in [0.15, 0.2) is 0 Å². The molecule has 1 rings (SSSR count). The quantitative estimate of drug-likeness (QED) is 0.561. The Bertz CT molecular complexity index is 622. The number of anilines is 1. The first-order valence-corrected chi connectivity index (χ1v) is 9.52.